The first kappa shape index (κ1) is 14.8. The van der Waals surface area contributed by atoms with Crippen LogP contribution in [0.5, 0.6) is 0 Å². The fraction of sp³-hybridized carbons (Fsp3) is 0.562. The van der Waals surface area contributed by atoms with Gasteiger partial charge in [0, 0.05) is 4.88 Å². The molecule has 0 spiro atoms. The van der Waals surface area contributed by atoms with Crippen LogP contribution in [-0.4, -0.2) is 29.9 Å². The van der Waals surface area contributed by atoms with E-state index in [1.54, 1.807) is 0 Å². The van der Waals surface area contributed by atoms with Crippen LogP contribution in [0.2, 0.25) is 0 Å². The predicted octanol–water partition coefficient (Wildman–Crippen LogP) is 1.38. The second-order valence-corrected chi connectivity index (χ2v) is 7.59. The number of anilines is 1. The minimum absolute atomic E-state index is 0.157. The van der Waals surface area contributed by atoms with Gasteiger partial charge in [-0.25, -0.2) is 4.90 Å². The zero-order valence-corrected chi connectivity index (χ0v) is 13.8. The van der Waals surface area contributed by atoms with E-state index < -0.39 is 17.7 Å². The number of imide groups is 1. The van der Waals surface area contributed by atoms with E-state index in [1.807, 2.05) is 13.8 Å². The molecule has 23 heavy (non-hydrogen) atoms. The summed E-state index contributed by atoms with van der Waals surface area (Å²) in [5.74, 6) is -1.85. The van der Waals surface area contributed by atoms with Gasteiger partial charge in [-0.2, -0.15) is 0 Å². The molecule has 3 aliphatic rings. The summed E-state index contributed by atoms with van der Waals surface area (Å²) < 4.78 is 5.74. The van der Waals surface area contributed by atoms with Crippen LogP contribution in [0.1, 0.15) is 40.6 Å². The Morgan fingerprint density at radius 1 is 1.26 bits per heavy atom. The summed E-state index contributed by atoms with van der Waals surface area (Å²) >= 11 is 1.30. The summed E-state index contributed by atoms with van der Waals surface area (Å²) in [6, 6.07) is 0. The van der Waals surface area contributed by atoms with Crippen LogP contribution in [0, 0.1) is 18.8 Å². The predicted molar refractivity (Wildman–Crippen MR) is 84.3 cm³/mol. The molecular weight excluding hydrogens is 316 g/mol. The van der Waals surface area contributed by atoms with Gasteiger partial charge < -0.3 is 10.5 Å². The molecule has 7 heteroatoms. The first-order chi connectivity index (χ1) is 11.0. The van der Waals surface area contributed by atoms with Crippen molar-refractivity contribution in [2.45, 2.75) is 45.3 Å². The van der Waals surface area contributed by atoms with Crippen LogP contribution in [0.15, 0.2) is 0 Å². The summed E-state index contributed by atoms with van der Waals surface area (Å²) in [6.45, 7) is 3.82. The van der Waals surface area contributed by atoms with Crippen molar-refractivity contribution in [3.63, 3.8) is 0 Å². The Hall–Kier alpha value is -1.73. The van der Waals surface area contributed by atoms with Crippen LogP contribution < -0.4 is 10.6 Å². The minimum Gasteiger partial charge on any atom is -0.373 e. The van der Waals surface area contributed by atoms with Gasteiger partial charge in [-0.15, -0.1) is 11.3 Å². The molecule has 2 N–H and O–H groups in total. The van der Waals surface area contributed by atoms with Crippen molar-refractivity contribution in [3.05, 3.63) is 16.0 Å². The number of carbonyl (C=O) groups excluding carboxylic acids is 3. The van der Waals surface area contributed by atoms with Crippen molar-refractivity contribution in [1.29, 1.82) is 0 Å². The highest BCUT2D eigenvalue weighted by Gasteiger charge is 2.63. The Balaban J connectivity index is 1.82. The molecular formula is C16H18N2O4S. The van der Waals surface area contributed by atoms with Crippen molar-refractivity contribution in [2.75, 3.05) is 4.90 Å². The van der Waals surface area contributed by atoms with Gasteiger partial charge >= 0.3 is 0 Å². The number of hydrogen-bond acceptors (Lipinski definition) is 5. The molecule has 3 fully saturated rings. The number of primary amides is 1. The molecule has 0 radical (unpaired) electrons. The zero-order valence-electron chi connectivity index (χ0n) is 13.0. The lowest BCUT2D eigenvalue weighted by Crippen LogP contribution is -2.35. The Morgan fingerprint density at radius 3 is 2.30 bits per heavy atom. The van der Waals surface area contributed by atoms with Crippen LogP contribution in [-0.2, 0) is 20.7 Å². The molecule has 4 heterocycles. The van der Waals surface area contributed by atoms with Gasteiger partial charge in [0.2, 0.25) is 11.8 Å². The molecule has 0 saturated carbocycles. The number of ether oxygens (including phenoxy) is 1. The number of thiophene rings is 1. The van der Waals surface area contributed by atoms with E-state index in [0.29, 0.717) is 17.0 Å². The molecule has 0 aromatic carbocycles. The lowest BCUT2D eigenvalue weighted by atomic mass is 9.81. The highest BCUT2D eigenvalue weighted by molar-refractivity contribution is 7.17. The van der Waals surface area contributed by atoms with E-state index in [9.17, 15) is 14.4 Å². The molecule has 0 aliphatic carbocycles. The number of hydrogen-bond donors (Lipinski definition) is 1. The number of nitrogens with two attached hydrogens (primary N) is 1. The number of rotatable bonds is 3. The second kappa shape index (κ2) is 4.88. The second-order valence-electron chi connectivity index (χ2n) is 6.39. The molecule has 6 nitrogen and oxygen atoms in total. The van der Waals surface area contributed by atoms with Crippen LogP contribution in [0.4, 0.5) is 5.00 Å². The summed E-state index contributed by atoms with van der Waals surface area (Å²) in [7, 11) is 0. The van der Waals surface area contributed by atoms with Gasteiger partial charge in [0.05, 0.1) is 29.6 Å². The van der Waals surface area contributed by atoms with Crippen LogP contribution >= 0.6 is 11.3 Å². The van der Waals surface area contributed by atoms with Crippen LogP contribution in [0.3, 0.4) is 0 Å². The fourth-order valence-electron chi connectivity index (χ4n) is 4.31. The maximum atomic E-state index is 12.9. The summed E-state index contributed by atoms with van der Waals surface area (Å²) in [6.07, 6.45) is 1.97. The van der Waals surface area contributed by atoms with Gasteiger partial charge in [-0.05, 0) is 31.7 Å². The smallest absolute Gasteiger partial charge is 0.252 e. The number of amides is 3. The molecule has 122 valence electrons. The molecule has 4 atom stereocenters. The maximum absolute atomic E-state index is 12.9. The first-order valence-electron chi connectivity index (χ1n) is 7.91. The third kappa shape index (κ3) is 1.80. The van der Waals surface area contributed by atoms with Crippen LogP contribution in [0.25, 0.3) is 0 Å². The lowest BCUT2D eigenvalue weighted by molar-refractivity contribution is -0.124. The Labute approximate surface area is 137 Å². The third-order valence-electron chi connectivity index (χ3n) is 5.28. The molecule has 3 amide bonds. The van der Waals surface area contributed by atoms with Gasteiger partial charge in [0.25, 0.3) is 5.91 Å². The molecule has 3 aliphatic heterocycles. The third-order valence-corrected chi connectivity index (χ3v) is 6.41. The van der Waals surface area contributed by atoms with E-state index in [-0.39, 0.29) is 24.0 Å². The van der Waals surface area contributed by atoms with E-state index >= 15 is 0 Å². The van der Waals surface area contributed by atoms with Crippen molar-refractivity contribution in [2.24, 2.45) is 17.6 Å². The highest BCUT2D eigenvalue weighted by Crippen LogP contribution is 2.51. The highest BCUT2D eigenvalue weighted by atomic mass is 32.1. The van der Waals surface area contributed by atoms with E-state index in [0.717, 1.165) is 23.3 Å². The SMILES string of the molecule is CCc1c(C)sc(N2C(=O)[C@@H]3[C@@H](C2=O)[C@H]2CC[C@H]3O2)c1C(N)=O. The van der Waals surface area contributed by atoms with Crippen molar-refractivity contribution >= 4 is 34.1 Å². The summed E-state index contributed by atoms with van der Waals surface area (Å²) in [4.78, 5) is 39.8. The molecule has 3 saturated heterocycles. The Morgan fingerprint density at radius 2 is 1.83 bits per heavy atom. The van der Waals surface area contributed by atoms with E-state index in [4.69, 9.17) is 10.5 Å². The normalized spacial score (nSPS) is 32.0. The zero-order chi connectivity index (χ0) is 16.5. The number of fused-ring (bicyclic) bond motifs is 5. The Kier molecular flexibility index (Phi) is 3.15. The quantitative estimate of drug-likeness (QED) is 0.846. The summed E-state index contributed by atoms with van der Waals surface area (Å²) in [5, 5.41) is 0.399. The maximum Gasteiger partial charge on any atom is 0.252 e. The number of nitrogens with zero attached hydrogens (tertiary/aromatic N) is 1. The average Bonchev–Trinajstić information content (AvgIpc) is 3.22. The van der Waals surface area contributed by atoms with E-state index in [1.165, 1.54) is 16.2 Å². The molecule has 1 aromatic heterocycles. The first-order valence-corrected chi connectivity index (χ1v) is 8.72. The molecule has 4 rings (SSSR count). The lowest BCUT2D eigenvalue weighted by Gasteiger charge is -2.17. The van der Waals surface area contributed by atoms with E-state index in [2.05, 4.69) is 0 Å². The van der Waals surface area contributed by atoms with Gasteiger partial charge in [0.1, 0.15) is 5.00 Å². The standard InChI is InChI=1S/C16H18N2O4S/c1-3-7-6(2)23-16(10(7)13(17)19)18-14(20)11-8-4-5-9(22-8)12(11)15(18)21/h8-9,11-12H,3-5H2,1-2H3,(H2,17,19)/t8-,9-,11+,12+/m1/s1. The summed E-state index contributed by atoms with van der Waals surface area (Å²) in [5.41, 5.74) is 6.69. The van der Waals surface area contributed by atoms with Crippen molar-refractivity contribution in [1.82, 2.24) is 0 Å². The molecule has 0 unspecified atom stereocenters. The molecule has 2 bridgehead atoms. The monoisotopic (exact) mass is 334 g/mol. The fourth-order valence-corrected chi connectivity index (χ4v) is 5.57. The number of carbonyl (C=O) groups is 3. The topological polar surface area (TPSA) is 89.7 Å². The largest absolute Gasteiger partial charge is 0.373 e. The van der Waals surface area contributed by atoms with Crippen molar-refractivity contribution in [3.8, 4) is 0 Å². The minimum atomic E-state index is -0.585. The van der Waals surface area contributed by atoms with Gasteiger partial charge in [-0.1, -0.05) is 6.92 Å². The van der Waals surface area contributed by atoms with Gasteiger partial charge in [-0.3, -0.25) is 14.4 Å². The average molecular weight is 334 g/mol. The van der Waals surface area contributed by atoms with Gasteiger partial charge in [0.15, 0.2) is 0 Å². The molecule has 1 aromatic rings. The van der Waals surface area contributed by atoms with Crippen molar-refractivity contribution < 1.29 is 19.1 Å². The Bertz CT molecular complexity index is 713. The number of aryl methyl sites for hydroxylation is 1.